The first-order valence-electron chi connectivity index (χ1n) is 9.17. The number of ether oxygens (including phenoxy) is 2. The number of nitrogens with one attached hydrogen (secondary N) is 1. The number of non-ortho nitro benzene ring substituents is 1. The van der Waals surface area contributed by atoms with E-state index >= 15 is 0 Å². The first-order valence-corrected chi connectivity index (χ1v) is 10.6. The molecule has 1 N–H and O–H groups in total. The van der Waals surface area contributed by atoms with Crippen LogP contribution in [0.4, 0.5) is 11.4 Å². The smallest absolute Gasteiger partial charge is 0.271 e. The molecule has 1 heterocycles. The van der Waals surface area contributed by atoms with Crippen LogP contribution in [0.2, 0.25) is 0 Å². The zero-order valence-corrected chi connectivity index (χ0v) is 17.0. The predicted molar refractivity (Wildman–Crippen MR) is 108 cm³/mol. The number of hydrogen-bond acceptors (Lipinski definition) is 7. The van der Waals surface area contributed by atoms with Gasteiger partial charge >= 0.3 is 0 Å². The van der Waals surface area contributed by atoms with E-state index in [9.17, 15) is 23.3 Å². The SMILES string of the molecule is C[C@H](Oc1ccc(S(=O)(=O)Nc2cccc([N+](=O)[O-])c2)cc1)C(=O)N1CCOCC1. The number of carbonyl (C=O) groups excluding carboxylic acids is 1. The fourth-order valence-electron chi connectivity index (χ4n) is 2.89. The molecule has 1 saturated heterocycles. The number of amides is 1. The summed E-state index contributed by atoms with van der Waals surface area (Å²) < 4.78 is 38.2. The van der Waals surface area contributed by atoms with Crippen LogP contribution in [-0.4, -0.2) is 56.6 Å². The standard InChI is InChI=1S/C19H21N3O7S/c1-14(19(23)21-9-11-28-12-10-21)29-17-5-7-18(8-6-17)30(26,27)20-15-3-2-4-16(13-15)22(24)25/h2-8,13-14,20H,9-12H2,1H3/t14-/m0/s1. The average molecular weight is 435 g/mol. The predicted octanol–water partition coefficient (Wildman–Crippen LogP) is 2.02. The number of anilines is 1. The van der Waals surface area contributed by atoms with Crippen LogP contribution < -0.4 is 9.46 Å². The molecule has 1 atom stereocenters. The third kappa shape index (κ3) is 5.24. The molecular formula is C19H21N3O7S. The number of rotatable bonds is 7. The highest BCUT2D eigenvalue weighted by Crippen LogP contribution is 2.23. The third-order valence-electron chi connectivity index (χ3n) is 4.43. The van der Waals surface area contributed by atoms with Crippen molar-refractivity contribution in [1.82, 2.24) is 4.90 Å². The molecule has 0 aliphatic carbocycles. The van der Waals surface area contributed by atoms with Crippen LogP contribution in [-0.2, 0) is 19.6 Å². The summed E-state index contributed by atoms with van der Waals surface area (Å²) in [5.74, 6) is 0.181. The van der Waals surface area contributed by atoms with E-state index in [4.69, 9.17) is 9.47 Å². The molecule has 1 fully saturated rings. The molecule has 1 aliphatic rings. The summed E-state index contributed by atoms with van der Waals surface area (Å²) in [6, 6.07) is 10.8. The van der Waals surface area contributed by atoms with Gasteiger partial charge in [0, 0.05) is 25.2 Å². The molecular weight excluding hydrogens is 414 g/mol. The molecule has 1 amide bonds. The van der Waals surface area contributed by atoms with Crippen molar-refractivity contribution in [2.45, 2.75) is 17.9 Å². The molecule has 30 heavy (non-hydrogen) atoms. The minimum absolute atomic E-state index is 0.0477. The number of benzene rings is 2. The van der Waals surface area contributed by atoms with Gasteiger partial charge in [0.1, 0.15) is 5.75 Å². The zero-order valence-electron chi connectivity index (χ0n) is 16.2. The second-order valence-corrected chi connectivity index (χ2v) is 8.26. The number of sulfonamides is 1. The summed E-state index contributed by atoms with van der Waals surface area (Å²) in [6.07, 6.45) is -0.728. The minimum Gasteiger partial charge on any atom is -0.481 e. The number of nitro groups is 1. The van der Waals surface area contributed by atoms with Gasteiger partial charge in [0.15, 0.2) is 6.10 Å². The summed E-state index contributed by atoms with van der Waals surface area (Å²) in [5.41, 5.74) is -0.146. The van der Waals surface area contributed by atoms with Gasteiger partial charge in [-0.25, -0.2) is 8.42 Å². The summed E-state index contributed by atoms with van der Waals surface area (Å²) in [5, 5.41) is 10.8. The Bertz CT molecular complexity index is 1020. The van der Waals surface area contributed by atoms with Gasteiger partial charge in [-0.05, 0) is 37.3 Å². The number of morpholine rings is 1. The van der Waals surface area contributed by atoms with Crippen molar-refractivity contribution in [3.8, 4) is 5.75 Å². The fourth-order valence-corrected chi connectivity index (χ4v) is 3.94. The molecule has 2 aromatic rings. The van der Waals surface area contributed by atoms with Crippen LogP contribution in [0.25, 0.3) is 0 Å². The lowest BCUT2D eigenvalue weighted by Crippen LogP contribution is -2.46. The van der Waals surface area contributed by atoms with Crippen molar-refractivity contribution < 1.29 is 27.6 Å². The number of hydrogen-bond donors (Lipinski definition) is 1. The van der Waals surface area contributed by atoms with Crippen molar-refractivity contribution in [3.05, 3.63) is 58.6 Å². The van der Waals surface area contributed by atoms with Gasteiger partial charge in [0.25, 0.3) is 21.6 Å². The lowest BCUT2D eigenvalue weighted by molar-refractivity contribution is -0.384. The highest BCUT2D eigenvalue weighted by atomic mass is 32.2. The molecule has 0 aromatic heterocycles. The molecule has 0 unspecified atom stereocenters. The van der Waals surface area contributed by atoms with E-state index < -0.39 is 21.1 Å². The Labute approximate surface area is 173 Å². The first-order chi connectivity index (χ1) is 14.3. The molecule has 1 aliphatic heterocycles. The largest absolute Gasteiger partial charge is 0.481 e. The maximum atomic E-state index is 12.5. The third-order valence-corrected chi connectivity index (χ3v) is 5.82. The zero-order chi connectivity index (χ0) is 21.7. The monoisotopic (exact) mass is 435 g/mol. The van der Waals surface area contributed by atoms with Crippen LogP contribution in [0.1, 0.15) is 6.92 Å². The molecule has 0 bridgehead atoms. The summed E-state index contributed by atoms with van der Waals surface area (Å²) >= 11 is 0. The second-order valence-electron chi connectivity index (χ2n) is 6.58. The molecule has 160 valence electrons. The minimum atomic E-state index is -3.95. The number of nitrogens with zero attached hydrogens (tertiary/aromatic N) is 2. The van der Waals surface area contributed by atoms with Crippen molar-refractivity contribution in [1.29, 1.82) is 0 Å². The van der Waals surface area contributed by atoms with E-state index in [1.165, 1.54) is 42.5 Å². The Hall–Kier alpha value is -3.18. The van der Waals surface area contributed by atoms with Crippen LogP contribution in [0, 0.1) is 10.1 Å². The molecule has 0 saturated carbocycles. The number of carbonyl (C=O) groups is 1. The fraction of sp³-hybridized carbons (Fsp3) is 0.316. The van der Waals surface area contributed by atoms with E-state index in [1.54, 1.807) is 11.8 Å². The van der Waals surface area contributed by atoms with Gasteiger partial charge in [0.05, 0.1) is 28.7 Å². The molecule has 0 spiro atoms. The average Bonchev–Trinajstić information content (AvgIpc) is 2.74. The molecule has 10 nitrogen and oxygen atoms in total. The van der Waals surface area contributed by atoms with Crippen LogP contribution in [0.3, 0.4) is 0 Å². The van der Waals surface area contributed by atoms with Crippen LogP contribution >= 0.6 is 0 Å². The van der Waals surface area contributed by atoms with E-state index in [2.05, 4.69) is 4.72 Å². The van der Waals surface area contributed by atoms with Gasteiger partial charge in [0.2, 0.25) is 0 Å². The van der Waals surface area contributed by atoms with Gasteiger partial charge < -0.3 is 14.4 Å². The van der Waals surface area contributed by atoms with Crippen molar-refractivity contribution in [2.75, 3.05) is 31.0 Å². The van der Waals surface area contributed by atoms with E-state index in [0.29, 0.717) is 32.1 Å². The van der Waals surface area contributed by atoms with Gasteiger partial charge in [-0.2, -0.15) is 0 Å². The quantitative estimate of drug-likeness (QED) is 0.520. The lowest BCUT2D eigenvalue weighted by Gasteiger charge is -2.29. The van der Waals surface area contributed by atoms with E-state index in [0.717, 1.165) is 6.07 Å². The van der Waals surface area contributed by atoms with Gasteiger partial charge in [-0.1, -0.05) is 6.07 Å². The van der Waals surface area contributed by atoms with Crippen molar-refractivity contribution >= 4 is 27.3 Å². The molecule has 11 heteroatoms. The summed E-state index contributed by atoms with van der Waals surface area (Å²) in [7, 11) is -3.95. The first kappa shape index (κ1) is 21.5. The Morgan fingerprint density at radius 3 is 2.50 bits per heavy atom. The summed E-state index contributed by atoms with van der Waals surface area (Å²) in [4.78, 5) is 24.3. The highest BCUT2D eigenvalue weighted by Gasteiger charge is 2.24. The molecule has 0 radical (unpaired) electrons. The normalized spacial score (nSPS) is 15.3. The van der Waals surface area contributed by atoms with Gasteiger partial charge in [-0.3, -0.25) is 19.6 Å². The topological polar surface area (TPSA) is 128 Å². The lowest BCUT2D eigenvalue weighted by atomic mass is 10.3. The number of nitro benzene ring substituents is 1. The van der Waals surface area contributed by atoms with E-state index in [1.807, 2.05) is 0 Å². The summed E-state index contributed by atoms with van der Waals surface area (Å²) in [6.45, 7) is 3.62. The van der Waals surface area contributed by atoms with Gasteiger partial charge in [-0.15, -0.1) is 0 Å². The Kier molecular flexibility index (Phi) is 6.53. The maximum absolute atomic E-state index is 12.5. The Morgan fingerprint density at radius 2 is 1.87 bits per heavy atom. The molecule has 3 rings (SSSR count). The van der Waals surface area contributed by atoms with Crippen LogP contribution in [0.15, 0.2) is 53.4 Å². The van der Waals surface area contributed by atoms with E-state index in [-0.39, 0.29) is 22.2 Å². The van der Waals surface area contributed by atoms with Crippen molar-refractivity contribution in [2.24, 2.45) is 0 Å². The van der Waals surface area contributed by atoms with Crippen LogP contribution in [0.5, 0.6) is 5.75 Å². The second kappa shape index (κ2) is 9.09. The molecule has 2 aromatic carbocycles. The van der Waals surface area contributed by atoms with Crippen molar-refractivity contribution in [3.63, 3.8) is 0 Å². The highest BCUT2D eigenvalue weighted by molar-refractivity contribution is 7.92. The Morgan fingerprint density at radius 1 is 1.20 bits per heavy atom. The maximum Gasteiger partial charge on any atom is 0.271 e. The Balaban J connectivity index is 1.66.